The first-order valence-corrected chi connectivity index (χ1v) is 5.52. The number of fused-ring (bicyclic) bond motifs is 2. The third-order valence-corrected chi connectivity index (χ3v) is 3.35. The van der Waals surface area contributed by atoms with Crippen molar-refractivity contribution in [3.8, 4) is 0 Å². The highest BCUT2D eigenvalue weighted by atomic mass is 15.1. The van der Waals surface area contributed by atoms with E-state index in [0.29, 0.717) is 0 Å². The van der Waals surface area contributed by atoms with Crippen LogP contribution in [-0.4, -0.2) is 12.0 Å². The van der Waals surface area contributed by atoms with E-state index in [1.807, 2.05) is 12.4 Å². The molecule has 0 atom stereocenters. The number of aromatic nitrogens is 1. The number of pyridine rings is 1. The Balaban J connectivity index is 2.22. The maximum Gasteiger partial charge on any atom is 0.0475 e. The Hall–Kier alpha value is -1.83. The van der Waals surface area contributed by atoms with Crippen LogP contribution >= 0.6 is 0 Å². The second kappa shape index (κ2) is 3.34. The minimum absolute atomic E-state index is 0.996. The summed E-state index contributed by atoms with van der Waals surface area (Å²) in [5.74, 6) is 0. The minimum Gasteiger partial charge on any atom is -0.344 e. The summed E-state index contributed by atoms with van der Waals surface area (Å²) in [6.07, 6.45) is 4.83. The summed E-state index contributed by atoms with van der Waals surface area (Å²) in [7, 11) is 2.12. The predicted octanol–water partition coefficient (Wildman–Crippen LogP) is 3.06. The van der Waals surface area contributed by atoms with Crippen molar-refractivity contribution in [1.82, 2.24) is 4.98 Å². The van der Waals surface area contributed by atoms with Crippen molar-refractivity contribution in [2.45, 2.75) is 13.3 Å². The minimum atomic E-state index is 0.996. The molecule has 0 saturated carbocycles. The molecule has 16 heavy (non-hydrogen) atoms. The molecule has 0 amide bonds. The Morgan fingerprint density at radius 1 is 1.19 bits per heavy atom. The van der Waals surface area contributed by atoms with Gasteiger partial charge in [-0.25, -0.2) is 0 Å². The second-order valence-corrected chi connectivity index (χ2v) is 4.31. The van der Waals surface area contributed by atoms with E-state index in [0.717, 1.165) is 6.42 Å². The van der Waals surface area contributed by atoms with E-state index in [1.54, 1.807) is 0 Å². The quantitative estimate of drug-likeness (QED) is 0.664. The Bertz CT molecular complexity index is 546. The molecule has 0 aliphatic carbocycles. The smallest absolute Gasteiger partial charge is 0.0475 e. The van der Waals surface area contributed by atoms with Gasteiger partial charge in [0.05, 0.1) is 0 Å². The summed E-state index contributed by atoms with van der Waals surface area (Å²) in [5.41, 5.74) is 6.68. The van der Waals surface area contributed by atoms with Gasteiger partial charge in [0.1, 0.15) is 0 Å². The summed E-state index contributed by atoms with van der Waals surface area (Å²) in [6, 6.07) is 8.57. The molecular weight excluding hydrogens is 196 g/mol. The first-order chi connectivity index (χ1) is 7.77. The molecule has 1 aromatic carbocycles. The van der Waals surface area contributed by atoms with Crippen LogP contribution in [-0.2, 0) is 6.42 Å². The molecule has 0 spiro atoms. The van der Waals surface area contributed by atoms with Crippen molar-refractivity contribution in [1.29, 1.82) is 0 Å². The average molecular weight is 210 g/mol. The molecule has 3 rings (SSSR count). The summed E-state index contributed by atoms with van der Waals surface area (Å²) < 4.78 is 0. The fraction of sp³-hybridized carbons (Fsp3) is 0.214. The molecule has 0 fully saturated rings. The van der Waals surface area contributed by atoms with Crippen LogP contribution in [0, 0.1) is 6.92 Å². The van der Waals surface area contributed by atoms with Gasteiger partial charge < -0.3 is 4.90 Å². The molecule has 0 N–H and O–H groups in total. The lowest BCUT2D eigenvalue weighted by atomic mass is 9.94. The van der Waals surface area contributed by atoms with Crippen LogP contribution in [0.25, 0.3) is 0 Å². The highest BCUT2D eigenvalue weighted by molar-refractivity contribution is 5.74. The van der Waals surface area contributed by atoms with Gasteiger partial charge in [0, 0.05) is 37.2 Å². The van der Waals surface area contributed by atoms with Crippen molar-refractivity contribution in [3.63, 3.8) is 0 Å². The van der Waals surface area contributed by atoms with Crippen LogP contribution in [0.2, 0.25) is 0 Å². The SMILES string of the molecule is Cc1cccc2c1Cc1cnccc1N2C. The molecular formula is C14H14N2. The zero-order valence-electron chi connectivity index (χ0n) is 9.57. The van der Waals surface area contributed by atoms with Gasteiger partial charge in [-0.2, -0.15) is 0 Å². The maximum absolute atomic E-state index is 4.21. The number of anilines is 2. The molecule has 0 radical (unpaired) electrons. The zero-order valence-corrected chi connectivity index (χ0v) is 9.57. The highest BCUT2D eigenvalue weighted by Crippen LogP contribution is 2.37. The molecule has 2 heterocycles. The summed E-state index contributed by atoms with van der Waals surface area (Å²) in [4.78, 5) is 6.46. The van der Waals surface area contributed by atoms with E-state index >= 15 is 0 Å². The van der Waals surface area contributed by atoms with E-state index in [4.69, 9.17) is 0 Å². The van der Waals surface area contributed by atoms with E-state index in [2.05, 4.69) is 48.1 Å². The van der Waals surface area contributed by atoms with E-state index in [1.165, 1.54) is 28.1 Å². The number of aryl methyl sites for hydroxylation is 1. The summed E-state index contributed by atoms with van der Waals surface area (Å²) >= 11 is 0. The molecule has 2 nitrogen and oxygen atoms in total. The van der Waals surface area contributed by atoms with Crippen molar-refractivity contribution < 1.29 is 0 Å². The van der Waals surface area contributed by atoms with Crippen molar-refractivity contribution in [3.05, 3.63) is 53.3 Å². The van der Waals surface area contributed by atoms with Crippen LogP contribution in [0.1, 0.15) is 16.7 Å². The molecule has 0 saturated heterocycles. The van der Waals surface area contributed by atoms with Crippen molar-refractivity contribution in [2.24, 2.45) is 0 Å². The normalized spacial score (nSPS) is 13.2. The standard InChI is InChI=1S/C14H14N2/c1-10-4-3-5-14-12(10)8-11-9-15-7-6-13(11)16(14)2/h3-7,9H,8H2,1-2H3. The number of benzene rings is 1. The van der Waals surface area contributed by atoms with Crippen LogP contribution in [0.4, 0.5) is 11.4 Å². The lowest BCUT2D eigenvalue weighted by Crippen LogP contribution is -2.19. The van der Waals surface area contributed by atoms with Crippen molar-refractivity contribution >= 4 is 11.4 Å². The van der Waals surface area contributed by atoms with Gasteiger partial charge in [0.15, 0.2) is 0 Å². The number of hydrogen-bond donors (Lipinski definition) is 0. The monoisotopic (exact) mass is 210 g/mol. The fourth-order valence-corrected chi connectivity index (χ4v) is 2.43. The van der Waals surface area contributed by atoms with Gasteiger partial charge in [-0.05, 0) is 35.7 Å². The van der Waals surface area contributed by atoms with Gasteiger partial charge in [-0.1, -0.05) is 12.1 Å². The Labute approximate surface area is 95.6 Å². The lowest BCUT2D eigenvalue weighted by molar-refractivity contribution is 1.02. The molecule has 2 heteroatoms. The largest absolute Gasteiger partial charge is 0.344 e. The van der Waals surface area contributed by atoms with Gasteiger partial charge in [0.2, 0.25) is 0 Å². The maximum atomic E-state index is 4.21. The van der Waals surface area contributed by atoms with Crippen molar-refractivity contribution in [2.75, 3.05) is 11.9 Å². The van der Waals surface area contributed by atoms with E-state index in [9.17, 15) is 0 Å². The summed E-state index contributed by atoms with van der Waals surface area (Å²) in [5, 5.41) is 0. The summed E-state index contributed by atoms with van der Waals surface area (Å²) in [6.45, 7) is 2.17. The highest BCUT2D eigenvalue weighted by Gasteiger charge is 2.20. The average Bonchev–Trinajstić information content (AvgIpc) is 2.31. The van der Waals surface area contributed by atoms with E-state index in [-0.39, 0.29) is 0 Å². The number of rotatable bonds is 0. The Morgan fingerprint density at radius 2 is 2.06 bits per heavy atom. The van der Waals surface area contributed by atoms with Crippen LogP contribution < -0.4 is 4.90 Å². The molecule has 0 unspecified atom stereocenters. The van der Waals surface area contributed by atoms with Crippen LogP contribution in [0.5, 0.6) is 0 Å². The van der Waals surface area contributed by atoms with E-state index < -0.39 is 0 Å². The van der Waals surface area contributed by atoms with Gasteiger partial charge in [0.25, 0.3) is 0 Å². The first kappa shape index (κ1) is 9.40. The topological polar surface area (TPSA) is 16.1 Å². The molecule has 0 bridgehead atoms. The Morgan fingerprint density at radius 3 is 2.94 bits per heavy atom. The molecule has 1 aliphatic rings. The molecule has 1 aromatic heterocycles. The number of hydrogen-bond acceptors (Lipinski definition) is 2. The van der Waals surface area contributed by atoms with Crippen LogP contribution in [0.15, 0.2) is 36.7 Å². The molecule has 80 valence electrons. The van der Waals surface area contributed by atoms with Gasteiger partial charge in [-0.15, -0.1) is 0 Å². The first-order valence-electron chi connectivity index (χ1n) is 5.52. The lowest BCUT2D eigenvalue weighted by Gasteiger charge is -2.30. The fourth-order valence-electron chi connectivity index (χ4n) is 2.43. The molecule has 1 aliphatic heterocycles. The number of nitrogens with zero attached hydrogens (tertiary/aromatic N) is 2. The zero-order chi connectivity index (χ0) is 11.1. The van der Waals surface area contributed by atoms with Crippen LogP contribution in [0.3, 0.4) is 0 Å². The Kier molecular flexibility index (Phi) is 1.96. The predicted molar refractivity (Wildman–Crippen MR) is 66.3 cm³/mol. The van der Waals surface area contributed by atoms with Gasteiger partial charge >= 0.3 is 0 Å². The second-order valence-electron chi connectivity index (χ2n) is 4.31. The van der Waals surface area contributed by atoms with Gasteiger partial charge in [-0.3, -0.25) is 4.98 Å². The molecule has 2 aromatic rings. The third kappa shape index (κ3) is 1.23. The third-order valence-electron chi connectivity index (χ3n) is 3.35.